The third-order valence-corrected chi connectivity index (χ3v) is 1.27. The summed E-state index contributed by atoms with van der Waals surface area (Å²) in [7, 11) is 0. The second-order valence-electron chi connectivity index (χ2n) is 1.98. The molecule has 1 aliphatic rings. The van der Waals surface area contributed by atoms with Crippen LogP contribution in [0.4, 0.5) is 0 Å². The molecule has 0 saturated carbocycles. The van der Waals surface area contributed by atoms with Crippen LogP contribution >= 0.6 is 0 Å². The van der Waals surface area contributed by atoms with Crippen LogP contribution in [0.1, 0.15) is 6.42 Å². The van der Waals surface area contributed by atoms with E-state index in [-0.39, 0.29) is 13.0 Å². The van der Waals surface area contributed by atoms with Gasteiger partial charge in [0, 0.05) is 0 Å². The molecule has 0 amide bonds. The first-order valence-corrected chi connectivity index (χ1v) is 2.72. The monoisotopic (exact) mass is 132 g/mol. The maximum absolute atomic E-state index is 10.3. The number of carbonyl (C=O) groups is 1. The van der Waals surface area contributed by atoms with E-state index in [0.717, 1.165) is 0 Å². The largest absolute Gasteiger partial charge is 0.457 e. The first kappa shape index (κ1) is 6.51. The molecule has 9 heavy (non-hydrogen) atoms. The highest BCUT2D eigenvalue weighted by Gasteiger charge is 2.32. The van der Waals surface area contributed by atoms with E-state index in [1.807, 2.05) is 0 Å². The number of hydrogen-bond acceptors (Lipinski definition) is 4. The Labute approximate surface area is 52.1 Å². The van der Waals surface area contributed by atoms with E-state index in [1.165, 1.54) is 0 Å². The van der Waals surface area contributed by atoms with Gasteiger partial charge in [-0.2, -0.15) is 0 Å². The Morgan fingerprint density at radius 3 is 2.67 bits per heavy atom. The van der Waals surface area contributed by atoms with Gasteiger partial charge < -0.3 is 14.9 Å². The Morgan fingerprint density at radius 1 is 1.78 bits per heavy atom. The standard InChI is InChI=1S/C5H8O4/c6-2-4-3(7)1-5(8)9-4/h3-4,6-7H,1-2H2. The van der Waals surface area contributed by atoms with Crippen molar-refractivity contribution >= 4 is 5.97 Å². The molecule has 0 spiro atoms. The highest BCUT2D eigenvalue weighted by Crippen LogP contribution is 2.13. The van der Waals surface area contributed by atoms with Crippen LogP contribution in [-0.4, -0.2) is 35.0 Å². The molecule has 1 rings (SSSR count). The first-order chi connectivity index (χ1) is 4.24. The summed E-state index contributed by atoms with van der Waals surface area (Å²) in [6.45, 7) is -0.299. The second-order valence-corrected chi connectivity index (χ2v) is 1.98. The number of ether oxygens (including phenoxy) is 1. The van der Waals surface area contributed by atoms with Crippen LogP contribution in [0.15, 0.2) is 0 Å². The smallest absolute Gasteiger partial charge is 0.309 e. The molecule has 2 unspecified atom stereocenters. The molecule has 1 saturated heterocycles. The van der Waals surface area contributed by atoms with Gasteiger partial charge in [-0.3, -0.25) is 4.79 Å². The number of aliphatic hydroxyl groups is 2. The van der Waals surface area contributed by atoms with Gasteiger partial charge in [0.25, 0.3) is 0 Å². The predicted molar refractivity (Wildman–Crippen MR) is 27.6 cm³/mol. The zero-order chi connectivity index (χ0) is 6.85. The third-order valence-electron chi connectivity index (χ3n) is 1.27. The average molecular weight is 132 g/mol. The van der Waals surface area contributed by atoms with Crippen LogP contribution in [0, 0.1) is 0 Å². The van der Waals surface area contributed by atoms with Crippen molar-refractivity contribution < 1.29 is 19.7 Å². The molecule has 0 bridgehead atoms. The SMILES string of the molecule is O=C1CC(O)C(CO)O1. The average Bonchev–Trinajstić information content (AvgIpc) is 2.10. The van der Waals surface area contributed by atoms with Gasteiger partial charge in [-0.25, -0.2) is 0 Å². The molecule has 2 atom stereocenters. The van der Waals surface area contributed by atoms with Crippen LogP contribution in [0.5, 0.6) is 0 Å². The van der Waals surface area contributed by atoms with Crippen LogP contribution in [0.25, 0.3) is 0 Å². The molecule has 0 radical (unpaired) electrons. The van der Waals surface area contributed by atoms with Gasteiger partial charge in [0.1, 0.15) is 6.10 Å². The zero-order valence-corrected chi connectivity index (χ0v) is 4.78. The van der Waals surface area contributed by atoms with Gasteiger partial charge in [-0.05, 0) is 0 Å². The van der Waals surface area contributed by atoms with E-state index in [0.29, 0.717) is 0 Å². The molecule has 52 valence electrons. The molecule has 0 aliphatic carbocycles. The van der Waals surface area contributed by atoms with Crippen molar-refractivity contribution in [2.45, 2.75) is 18.6 Å². The molecule has 1 aliphatic heterocycles. The van der Waals surface area contributed by atoms with Gasteiger partial charge in [0.15, 0.2) is 6.10 Å². The molecule has 4 nitrogen and oxygen atoms in total. The Bertz CT molecular complexity index is 122. The first-order valence-electron chi connectivity index (χ1n) is 2.72. The minimum atomic E-state index is -0.817. The molecule has 0 aromatic rings. The van der Waals surface area contributed by atoms with Crippen LogP contribution < -0.4 is 0 Å². The summed E-state index contributed by atoms with van der Waals surface area (Å²) in [6, 6.07) is 0. The van der Waals surface area contributed by atoms with Crippen molar-refractivity contribution in [3.8, 4) is 0 Å². The summed E-state index contributed by atoms with van der Waals surface area (Å²) in [5.41, 5.74) is 0. The van der Waals surface area contributed by atoms with E-state index in [2.05, 4.69) is 4.74 Å². The van der Waals surface area contributed by atoms with E-state index in [9.17, 15) is 4.79 Å². The summed E-state index contributed by atoms with van der Waals surface area (Å²) < 4.78 is 4.48. The quantitative estimate of drug-likeness (QED) is 0.433. The van der Waals surface area contributed by atoms with Gasteiger partial charge in [-0.15, -0.1) is 0 Å². The summed E-state index contributed by atoms with van der Waals surface area (Å²) in [5, 5.41) is 17.3. The lowest BCUT2D eigenvalue weighted by Crippen LogP contribution is -2.24. The number of cyclic esters (lactones) is 1. The predicted octanol–water partition coefficient (Wildman–Crippen LogP) is -1.34. The summed E-state index contributed by atoms with van der Waals surface area (Å²) in [5.74, 6) is -0.443. The van der Waals surface area contributed by atoms with E-state index in [4.69, 9.17) is 10.2 Å². The van der Waals surface area contributed by atoms with Crippen LogP contribution in [0.2, 0.25) is 0 Å². The Morgan fingerprint density at radius 2 is 2.44 bits per heavy atom. The van der Waals surface area contributed by atoms with Crippen molar-refractivity contribution in [3.05, 3.63) is 0 Å². The number of aliphatic hydroxyl groups excluding tert-OH is 2. The number of hydrogen-bond donors (Lipinski definition) is 2. The second kappa shape index (κ2) is 2.33. The summed E-state index contributed by atoms with van der Waals surface area (Å²) in [4.78, 5) is 10.3. The highest BCUT2D eigenvalue weighted by molar-refractivity contribution is 5.72. The summed E-state index contributed by atoms with van der Waals surface area (Å²) >= 11 is 0. The molecule has 0 aromatic carbocycles. The fourth-order valence-corrected chi connectivity index (χ4v) is 0.757. The van der Waals surface area contributed by atoms with E-state index >= 15 is 0 Å². The van der Waals surface area contributed by atoms with Crippen molar-refractivity contribution in [1.29, 1.82) is 0 Å². The Hall–Kier alpha value is -0.610. The molecular weight excluding hydrogens is 124 g/mol. The van der Waals surface area contributed by atoms with Crippen molar-refractivity contribution in [2.75, 3.05) is 6.61 Å². The van der Waals surface area contributed by atoms with Gasteiger partial charge in [-0.1, -0.05) is 0 Å². The molecule has 1 fully saturated rings. The fraction of sp³-hybridized carbons (Fsp3) is 0.800. The lowest BCUT2D eigenvalue weighted by atomic mass is 10.2. The molecule has 4 heteroatoms. The van der Waals surface area contributed by atoms with Gasteiger partial charge >= 0.3 is 5.97 Å². The fourth-order valence-electron chi connectivity index (χ4n) is 0.757. The van der Waals surface area contributed by atoms with Gasteiger partial charge in [0.2, 0.25) is 0 Å². The summed E-state index contributed by atoms with van der Waals surface area (Å²) in [6.07, 6.45) is -1.51. The maximum Gasteiger partial charge on any atom is 0.309 e. The van der Waals surface area contributed by atoms with Gasteiger partial charge in [0.05, 0.1) is 13.0 Å². The lowest BCUT2D eigenvalue weighted by Gasteiger charge is -2.07. The Balaban J connectivity index is 2.47. The normalized spacial score (nSPS) is 34.7. The van der Waals surface area contributed by atoms with E-state index in [1.54, 1.807) is 0 Å². The number of esters is 1. The molecular formula is C5H8O4. The number of carbonyl (C=O) groups excluding carboxylic acids is 1. The minimum Gasteiger partial charge on any atom is -0.457 e. The number of rotatable bonds is 1. The zero-order valence-electron chi connectivity index (χ0n) is 4.78. The Kier molecular flexibility index (Phi) is 1.68. The van der Waals surface area contributed by atoms with Crippen LogP contribution in [0.3, 0.4) is 0 Å². The van der Waals surface area contributed by atoms with Crippen molar-refractivity contribution in [2.24, 2.45) is 0 Å². The van der Waals surface area contributed by atoms with Crippen LogP contribution in [-0.2, 0) is 9.53 Å². The lowest BCUT2D eigenvalue weighted by molar-refractivity contribution is -0.143. The topological polar surface area (TPSA) is 66.8 Å². The molecule has 2 N–H and O–H groups in total. The third kappa shape index (κ3) is 1.20. The molecule has 1 heterocycles. The maximum atomic E-state index is 10.3. The minimum absolute atomic E-state index is 0.00519. The van der Waals surface area contributed by atoms with Crippen molar-refractivity contribution in [1.82, 2.24) is 0 Å². The van der Waals surface area contributed by atoms with Crippen molar-refractivity contribution in [3.63, 3.8) is 0 Å². The highest BCUT2D eigenvalue weighted by atomic mass is 16.6. The van der Waals surface area contributed by atoms with E-state index < -0.39 is 18.2 Å². The molecule has 0 aromatic heterocycles.